The number of hydrogen-bond acceptors (Lipinski definition) is 3. The number of amides is 1. The highest BCUT2D eigenvalue weighted by Crippen LogP contribution is 2.45. The van der Waals surface area contributed by atoms with E-state index in [4.69, 9.17) is 10.8 Å². The number of aromatic amines is 1. The van der Waals surface area contributed by atoms with Gasteiger partial charge in [-0.25, -0.2) is 0 Å². The van der Waals surface area contributed by atoms with Crippen molar-refractivity contribution in [1.82, 2.24) is 4.98 Å². The second-order valence-electron chi connectivity index (χ2n) is 8.04. The summed E-state index contributed by atoms with van der Waals surface area (Å²) in [5.74, 6) is 6.07. The predicted molar refractivity (Wildman–Crippen MR) is 105 cm³/mol. The monoisotopic (exact) mass is 355 g/mol. The lowest BCUT2D eigenvalue weighted by Crippen LogP contribution is -2.36. The Labute approximate surface area is 155 Å². The minimum absolute atomic E-state index is 0.000223. The molecule has 1 aliphatic heterocycles. The second kappa shape index (κ2) is 7.20. The average Bonchev–Trinajstić information content (AvgIpc) is 2.97. The van der Waals surface area contributed by atoms with Crippen LogP contribution < -0.4 is 11.1 Å². The van der Waals surface area contributed by atoms with Crippen molar-refractivity contribution in [2.24, 2.45) is 17.1 Å². The smallest absolute Gasteiger partial charge is 0.266 e. The highest BCUT2D eigenvalue weighted by atomic mass is 16.2. The number of aromatic nitrogens is 1. The molecule has 140 valence electrons. The van der Waals surface area contributed by atoms with Crippen LogP contribution >= 0.6 is 0 Å². The third-order valence-corrected chi connectivity index (χ3v) is 6.12. The van der Waals surface area contributed by atoms with E-state index in [9.17, 15) is 4.79 Å². The molecule has 0 radical (unpaired) electrons. The van der Waals surface area contributed by atoms with Gasteiger partial charge in [0.1, 0.15) is 5.69 Å². The van der Waals surface area contributed by atoms with Crippen molar-refractivity contribution >= 4 is 17.7 Å². The predicted octanol–water partition coefficient (Wildman–Crippen LogP) is 3.26. The van der Waals surface area contributed by atoms with E-state index in [-0.39, 0.29) is 6.61 Å². The zero-order valence-corrected chi connectivity index (χ0v) is 15.9. The van der Waals surface area contributed by atoms with Crippen molar-refractivity contribution in [3.05, 3.63) is 22.5 Å². The van der Waals surface area contributed by atoms with Crippen molar-refractivity contribution in [2.75, 3.05) is 11.9 Å². The van der Waals surface area contributed by atoms with E-state index in [1.165, 1.54) is 18.4 Å². The molecule has 2 aliphatic rings. The second-order valence-corrected chi connectivity index (χ2v) is 8.04. The van der Waals surface area contributed by atoms with E-state index >= 15 is 0 Å². The number of rotatable bonds is 4. The van der Waals surface area contributed by atoms with Gasteiger partial charge < -0.3 is 21.1 Å². The van der Waals surface area contributed by atoms with Crippen LogP contribution in [0.1, 0.15) is 74.6 Å². The van der Waals surface area contributed by atoms with Gasteiger partial charge in [0, 0.05) is 12.5 Å². The van der Waals surface area contributed by atoms with Crippen LogP contribution in [0.2, 0.25) is 0 Å². The normalized spacial score (nSPS) is 21.6. The van der Waals surface area contributed by atoms with Crippen LogP contribution in [-0.2, 0) is 0 Å². The van der Waals surface area contributed by atoms with Crippen molar-refractivity contribution in [2.45, 2.75) is 58.9 Å². The van der Waals surface area contributed by atoms with Gasteiger partial charge in [-0.05, 0) is 42.2 Å². The molecular weight excluding hydrogens is 326 g/mol. The lowest BCUT2D eigenvalue weighted by Gasteiger charge is -2.42. The molecule has 5 nitrogen and oxygen atoms in total. The lowest BCUT2D eigenvalue weighted by atomic mass is 9.67. The van der Waals surface area contributed by atoms with Crippen LogP contribution in [0.4, 0.5) is 5.69 Å². The first kappa shape index (κ1) is 18.6. The third kappa shape index (κ3) is 3.39. The molecule has 1 aliphatic carbocycles. The van der Waals surface area contributed by atoms with Gasteiger partial charge in [-0.15, -0.1) is 0 Å². The van der Waals surface area contributed by atoms with Gasteiger partial charge in [0.15, 0.2) is 0 Å². The fraction of sp³-hybridized carbons (Fsp3) is 0.571. The van der Waals surface area contributed by atoms with Crippen LogP contribution in [0.25, 0.3) is 6.08 Å². The topological polar surface area (TPSA) is 91.1 Å². The standard InChI is InChI=1S/C21H29N3O2/c1-4-21(2,3)14-8-9-16-13(11-14)12-17-18(23-16)15(7-5-6-10-25)19(24-17)20(22)26/h12,14,16,23-25H,4,6,8-11H2,1-3H3,(H2,22,26). The molecule has 26 heavy (non-hydrogen) atoms. The molecule has 2 atom stereocenters. The molecule has 0 saturated heterocycles. The van der Waals surface area contributed by atoms with Gasteiger partial charge >= 0.3 is 0 Å². The van der Waals surface area contributed by atoms with Crippen molar-refractivity contribution in [3.8, 4) is 11.8 Å². The number of hydrogen-bond donors (Lipinski definition) is 4. The van der Waals surface area contributed by atoms with E-state index in [0.29, 0.717) is 35.1 Å². The Hall–Kier alpha value is -2.19. The Kier molecular flexibility index (Phi) is 5.15. The molecular formula is C21H29N3O2. The Bertz CT molecular complexity index is 792. The number of H-pyrrole nitrogens is 1. The molecule has 0 bridgehead atoms. The molecule has 1 aromatic heterocycles. The highest BCUT2D eigenvalue weighted by molar-refractivity contribution is 5.98. The summed E-state index contributed by atoms with van der Waals surface area (Å²) in [4.78, 5) is 15.0. The summed E-state index contributed by atoms with van der Waals surface area (Å²) < 4.78 is 0. The maximum atomic E-state index is 11.8. The average molecular weight is 355 g/mol. The fourth-order valence-electron chi connectivity index (χ4n) is 4.02. The zero-order valence-electron chi connectivity index (χ0n) is 15.9. The van der Waals surface area contributed by atoms with Gasteiger partial charge in [-0.1, -0.05) is 39.0 Å². The first-order valence-electron chi connectivity index (χ1n) is 9.49. The number of anilines is 1. The molecule has 1 saturated carbocycles. The molecule has 1 amide bonds. The number of primary amides is 1. The number of carbonyl (C=O) groups is 1. The molecule has 0 aromatic carbocycles. The number of aliphatic hydroxyl groups is 1. The first-order chi connectivity index (χ1) is 12.4. The molecule has 2 unspecified atom stereocenters. The van der Waals surface area contributed by atoms with Gasteiger partial charge in [-0.2, -0.15) is 0 Å². The third-order valence-electron chi connectivity index (χ3n) is 6.12. The number of nitrogens with two attached hydrogens (primary N) is 1. The van der Waals surface area contributed by atoms with E-state index in [0.717, 1.165) is 24.2 Å². The Morgan fingerprint density at radius 2 is 2.19 bits per heavy atom. The van der Waals surface area contributed by atoms with Crippen molar-refractivity contribution in [3.63, 3.8) is 0 Å². The summed E-state index contributed by atoms with van der Waals surface area (Å²) in [7, 11) is 0. The van der Waals surface area contributed by atoms with Crippen LogP contribution in [0.5, 0.6) is 0 Å². The molecule has 5 N–H and O–H groups in total. The summed E-state index contributed by atoms with van der Waals surface area (Å²) in [6, 6.07) is 0.293. The van der Waals surface area contributed by atoms with E-state index in [2.05, 4.69) is 49.0 Å². The largest absolute Gasteiger partial charge is 0.395 e. The lowest BCUT2D eigenvalue weighted by molar-refractivity contribution is 0.0996. The molecule has 1 aromatic rings. The van der Waals surface area contributed by atoms with E-state index < -0.39 is 5.91 Å². The van der Waals surface area contributed by atoms with Crippen molar-refractivity contribution in [1.29, 1.82) is 0 Å². The SMILES string of the molecule is CCC(C)(C)C1CCC2Nc3c([nH]c(C(N)=O)c3C#CCCO)C=C2C1. The summed E-state index contributed by atoms with van der Waals surface area (Å²) in [6.45, 7) is 6.98. The van der Waals surface area contributed by atoms with Crippen LogP contribution in [0.15, 0.2) is 5.57 Å². The Morgan fingerprint density at radius 3 is 2.85 bits per heavy atom. The van der Waals surface area contributed by atoms with Gasteiger partial charge in [-0.3, -0.25) is 4.79 Å². The minimum atomic E-state index is -0.513. The van der Waals surface area contributed by atoms with E-state index in [1.54, 1.807) is 0 Å². The summed E-state index contributed by atoms with van der Waals surface area (Å²) in [5, 5.41) is 12.5. The Morgan fingerprint density at radius 1 is 1.42 bits per heavy atom. The highest BCUT2D eigenvalue weighted by Gasteiger charge is 2.36. The first-order valence-corrected chi connectivity index (χ1v) is 9.49. The summed E-state index contributed by atoms with van der Waals surface area (Å²) >= 11 is 0. The number of fused-ring (bicyclic) bond motifs is 2. The van der Waals surface area contributed by atoms with Crippen molar-refractivity contribution < 1.29 is 9.90 Å². The summed E-state index contributed by atoms with van der Waals surface area (Å²) in [6.07, 6.45) is 7.08. The minimum Gasteiger partial charge on any atom is -0.395 e. The van der Waals surface area contributed by atoms with Gasteiger partial charge in [0.25, 0.3) is 5.91 Å². The number of carbonyl (C=O) groups excluding carboxylic acids is 1. The van der Waals surface area contributed by atoms with Crippen LogP contribution in [-0.4, -0.2) is 28.6 Å². The Balaban J connectivity index is 1.96. The molecule has 2 heterocycles. The van der Waals surface area contributed by atoms with Gasteiger partial charge in [0.2, 0.25) is 0 Å². The fourth-order valence-corrected chi connectivity index (χ4v) is 4.02. The zero-order chi connectivity index (χ0) is 18.9. The quantitative estimate of drug-likeness (QED) is 0.625. The number of aliphatic hydroxyl groups excluding tert-OH is 1. The molecule has 5 heteroatoms. The number of nitrogens with one attached hydrogen (secondary N) is 2. The maximum absolute atomic E-state index is 11.8. The maximum Gasteiger partial charge on any atom is 0.266 e. The van der Waals surface area contributed by atoms with Gasteiger partial charge in [0.05, 0.1) is 23.6 Å². The molecule has 1 fully saturated rings. The molecule has 3 rings (SSSR count). The van der Waals surface area contributed by atoms with Crippen LogP contribution in [0.3, 0.4) is 0 Å². The summed E-state index contributed by atoms with van der Waals surface area (Å²) in [5.41, 5.74) is 9.97. The van der Waals surface area contributed by atoms with Crippen LogP contribution in [0, 0.1) is 23.2 Å². The van der Waals surface area contributed by atoms with E-state index in [1.807, 2.05) is 0 Å². The molecule has 0 spiro atoms.